The predicted molar refractivity (Wildman–Crippen MR) is 107 cm³/mol. The second-order valence-corrected chi connectivity index (χ2v) is 7.21. The van der Waals surface area contributed by atoms with Crippen LogP contribution in [0.1, 0.15) is 27.7 Å². The van der Waals surface area contributed by atoms with Crippen LogP contribution < -0.4 is 9.64 Å². The molecule has 1 aliphatic heterocycles. The monoisotopic (exact) mass is 456 g/mol. The van der Waals surface area contributed by atoms with Crippen LogP contribution in [0.15, 0.2) is 60.9 Å². The number of alkyl halides is 3. The van der Waals surface area contributed by atoms with E-state index in [0.717, 1.165) is 17.0 Å². The van der Waals surface area contributed by atoms with Crippen LogP contribution >= 0.6 is 0 Å². The van der Waals surface area contributed by atoms with E-state index in [1.54, 1.807) is 13.0 Å². The van der Waals surface area contributed by atoms with Crippen LogP contribution in [0.2, 0.25) is 0 Å². The molecule has 2 atom stereocenters. The molecule has 11 heteroatoms. The third-order valence-electron chi connectivity index (χ3n) is 5.04. The molecule has 8 nitrogen and oxygen atoms in total. The molecule has 1 aliphatic rings. The number of anilines is 1. The molecule has 0 radical (unpaired) electrons. The number of hydrogen-bond donors (Lipinski definition) is 0. The molecule has 0 aliphatic carbocycles. The number of carbonyl (C=O) groups is 3. The van der Waals surface area contributed by atoms with Gasteiger partial charge in [-0.15, -0.1) is 18.3 Å². The van der Waals surface area contributed by atoms with Gasteiger partial charge in [-0.3, -0.25) is 24.3 Å². The van der Waals surface area contributed by atoms with Gasteiger partial charge in [-0.2, -0.15) is 5.10 Å². The number of amides is 1. The van der Waals surface area contributed by atoms with Crippen LogP contribution in [0, 0.1) is 12.8 Å². The number of halogens is 3. The van der Waals surface area contributed by atoms with Crippen LogP contribution in [-0.2, 0) is 9.59 Å². The summed E-state index contributed by atoms with van der Waals surface area (Å²) in [5.74, 6) is -4.46. The molecule has 1 aromatic carbocycles. The van der Waals surface area contributed by atoms with Crippen molar-refractivity contribution in [3.63, 3.8) is 0 Å². The molecule has 3 heterocycles. The third-order valence-corrected chi connectivity index (χ3v) is 5.04. The average molecular weight is 456 g/mol. The highest BCUT2D eigenvalue weighted by atomic mass is 19.4. The smallest absolute Gasteiger partial charge is 0.406 e. The molecule has 4 rings (SSSR count). The zero-order chi connectivity index (χ0) is 23.8. The highest BCUT2D eigenvalue weighted by Crippen LogP contribution is 2.41. The fraction of sp³-hybridized carbons (Fsp3) is 0.182. The maximum atomic E-state index is 13.2. The first-order chi connectivity index (χ1) is 15.7. The maximum absolute atomic E-state index is 13.2. The summed E-state index contributed by atoms with van der Waals surface area (Å²) in [7, 11) is 0. The number of benzene rings is 1. The normalized spacial score (nSPS) is 18.5. The Bertz CT molecular complexity index is 1200. The van der Waals surface area contributed by atoms with Gasteiger partial charge in [0, 0.05) is 18.0 Å². The summed E-state index contributed by atoms with van der Waals surface area (Å²) in [4.78, 5) is 44.0. The SMILES string of the molecule is Cc1ccc(N2C(=O)C(=O)C(C(=O)c3ccncc3)C2c2ccc(OC(F)(F)F)cc2)nn1. The van der Waals surface area contributed by atoms with Crippen LogP contribution in [0.4, 0.5) is 19.0 Å². The third kappa shape index (κ3) is 4.43. The van der Waals surface area contributed by atoms with Crippen LogP contribution in [0.25, 0.3) is 0 Å². The zero-order valence-corrected chi connectivity index (χ0v) is 17.0. The summed E-state index contributed by atoms with van der Waals surface area (Å²) in [6.45, 7) is 1.68. The van der Waals surface area contributed by atoms with Crippen molar-refractivity contribution in [2.24, 2.45) is 5.92 Å². The molecule has 0 saturated carbocycles. The number of Topliss-reactive ketones (excluding diaryl/α,β-unsaturated/α-hetero) is 2. The Labute approximate surface area is 185 Å². The number of hydrogen-bond acceptors (Lipinski definition) is 7. The second kappa shape index (κ2) is 8.41. The first-order valence-electron chi connectivity index (χ1n) is 9.63. The van der Waals surface area contributed by atoms with E-state index in [4.69, 9.17) is 0 Å². The van der Waals surface area contributed by atoms with Crippen molar-refractivity contribution >= 4 is 23.3 Å². The van der Waals surface area contributed by atoms with Crippen molar-refractivity contribution < 1.29 is 32.3 Å². The minimum atomic E-state index is -4.88. The Hall–Kier alpha value is -4.15. The number of carbonyl (C=O) groups excluding carboxylic acids is 3. The lowest BCUT2D eigenvalue weighted by atomic mass is 9.86. The minimum Gasteiger partial charge on any atom is -0.406 e. The van der Waals surface area contributed by atoms with Crippen molar-refractivity contribution in [3.8, 4) is 5.75 Å². The lowest BCUT2D eigenvalue weighted by molar-refractivity contribution is -0.274. The molecule has 0 spiro atoms. The molecular weight excluding hydrogens is 441 g/mol. The fourth-order valence-corrected chi connectivity index (χ4v) is 3.60. The van der Waals surface area contributed by atoms with Gasteiger partial charge >= 0.3 is 6.36 Å². The van der Waals surface area contributed by atoms with Gasteiger partial charge in [-0.05, 0) is 48.9 Å². The van der Waals surface area contributed by atoms with Crippen LogP contribution in [0.3, 0.4) is 0 Å². The Kier molecular flexibility index (Phi) is 5.62. The van der Waals surface area contributed by atoms with Crippen molar-refractivity contribution in [1.82, 2.24) is 15.2 Å². The Morgan fingerprint density at radius 2 is 1.64 bits per heavy atom. The van der Waals surface area contributed by atoms with Gasteiger partial charge in [0.15, 0.2) is 11.6 Å². The number of rotatable bonds is 5. The van der Waals surface area contributed by atoms with E-state index >= 15 is 0 Å². The van der Waals surface area contributed by atoms with Gasteiger partial charge in [0.25, 0.3) is 5.91 Å². The average Bonchev–Trinajstić information content (AvgIpc) is 3.04. The van der Waals surface area contributed by atoms with E-state index in [9.17, 15) is 27.6 Å². The summed E-state index contributed by atoms with van der Waals surface area (Å²) < 4.78 is 41.5. The second-order valence-electron chi connectivity index (χ2n) is 7.21. The number of ketones is 2. The predicted octanol–water partition coefficient (Wildman–Crippen LogP) is 3.23. The summed E-state index contributed by atoms with van der Waals surface area (Å²) in [5.41, 5.74) is 0.972. The van der Waals surface area contributed by atoms with Gasteiger partial charge in [0.1, 0.15) is 11.7 Å². The van der Waals surface area contributed by atoms with Crippen LogP contribution in [-0.4, -0.2) is 39.0 Å². The number of aryl methyl sites for hydroxylation is 1. The molecule has 3 aromatic rings. The first-order valence-corrected chi connectivity index (χ1v) is 9.63. The Balaban J connectivity index is 1.80. The molecule has 2 aromatic heterocycles. The van der Waals surface area contributed by atoms with E-state index in [0.29, 0.717) is 5.69 Å². The molecule has 168 valence electrons. The summed E-state index contributed by atoms with van der Waals surface area (Å²) in [6.07, 6.45) is -2.14. The lowest BCUT2D eigenvalue weighted by Crippen LogP contribution is -2.31. The van der Waals surface area contributed by atoms with Gasteiger partial charge in [-0.25, -0.2) is 0 Å². The number of ether oxygens (including phenoxy) is 1. The minimum absolute atomic E-state index is 0.0320. The van der Waals surface area contributed by atoms with Crippen molar-refractivity contribution in [2.45, 2.75) is 19.3 Å². The van der Waals surface area contributed by atoms with E-state index in [2.05, 4.69) is 19.9 Å². The van der Waals surface area contributed by atoms with Crippen molar-refractivity contribution in [1.29, 1.82) is 0 Å². The largest absolute Gasteiger partial charge is 0.573 e. The fourth-order valence-electron chi connectivity index (χ4n) is 3.60. The van der Waals surface area contributed by atoms with E-state index in [1.165, 1.54) is 42.7 Å². The number of pyridine rings is 1. The zero-order valence-electron chi connectivity index (χ0n) is 17.0. The molecule has 2 unspecified atom stereocenters. The summed E-state index contributed by atoms with van der Waals surface area (Å²) in [5, 5.41) is 7.86. The van der Waals surface area contributed by atoms with Crippen molar-refractivity contribution in [3.05, 3.63) is 77.7 Å². The topological polar surface area (TPSA) is 102 Å². The molecule has 0 N–H and O–H groups in total. The Morgan fingerprint density at radius 1 is 0.970 bits per heavy atom. The molecule has 1 amide bonds. The summed E-state index contributed by atoms with van der Waals surface area (Å²) in [6, 6.07) is 9.33. The molecule has 1 saturated heterocycles. The maximum Gasteiger partial charge on any atom is 0.573 e. The lowest BCUT2D eigenvalue weighted by Gasteiger charge is -2.26. The van der Waals surface area contributed by atoms with Crippen LogP contribution in [0.5, 0.6) is 5.75 Å². The molecule has 1 fully saturated rings. The highest BCUT2D eigenvalue weighted by Gasteiger charge is 2.53. The standard InChI is InChI=1S/C22H15F3N4O4/c1-12-2-7-16(28-27-12)29-18(13-3-5-15(6-4-13)33-22(23,24)25)17(20(31)21(29)32)19(30)14-8-10-26-11-9-14/h2-11,17-18H,1H3. The Morgan fingerprint density at radius 3 is 2.21 bits per heavy atom. The van der Waals surface area contributed by atoms with Gasteiger partial charge in [-0.1, -0.05) is 12.1 Å². The van der Waals surface area contributed by atoms with Gasteiger partial charge in [0.2, 0.25) is 5.78 Å². The van der Waals surface area contributed by atoms with Gasteiger partial charge in [0.05, 0.1) is 11.7 Å². The van der Waals surface area contributed by atoms with Gasteiger partial charge < -0.3 is 4.74 Å². The number of aromatic nitrogens is 3. The summed E-state index contributed by atoms with van der Waals surface area (Å²) >= 11 is 0. The van der Waals surface area contributed by atoms with Crippen molar-refractivity contribution in [2.75, 3.05) is 4.90 Å². The van der Waals surface area contributed by atoms with E-state index in [-0.39, 0.29) is 16.9 Å². The first kappa shape index (κ1) is 22.1. The van der Waals surface area contributed by atoms with E-state index < -0.39 is 41.5 Å². The quantitative estimate of drug-likeness (QED) is 0.330. The molecule has 33 heavy (non-hydrogen) atoms. The van der Waals surface area contributed by atoms with E-state index in [1.807, 2.05) is 0 Å². The molecule has 0 bridgehead atoms. The number of nitrogens with zero attached hydrogens (tertiary/aromatic N) is 4. The molecular formula is C22H15F3N4O4. The highest BCUT2D eigenvalue weighted by molar-refractivity contribution is 6.48.